The molecule has 1 saturated carbocycles. The maximum atomic E-state index is 14.6. The topological polar surface area (TPSA) is 65.5 Å². The minimum atomic E-state index is -0.348. The third-order valence-electron chi connectivity index (χ3n) is 7.35. The van der Waals surface area contributed by atoms with E-state index in [1.807, 2.05) is 17.5 Å². The van der Waals surface area contributed by atoms with E-state index in [9.17, 15) is 14.0 Å². The van der Waals surface area contributed by atoms with Crippen LogP contribution >= 0.6 is 11.3 Å². The molecule has 1 aromatic heterocycles. The van der Waals surface area contributed by atoms with Crippen molar-refractivity contribution in [2.45, 2.75) is 38.1 Å². The highest BCUT2D eigenvalue weighted by atomic mass is 32.1. The fraction of sp³-hybridized carbons (Fsp3) is 0.519. The molecule has 5 rings (SSSR count). The van der Waals surface area contributed by atoms with Crippen molar-refractivity contribution in [2.24, 2.45) is 11.0 Å². The Labute approximate surface area is 215 Å². The van der Waals surface area contributed by atoms with Gasteiger partial charge in [0.1, 0.15) is 12.4 Å². The van der Waals surface area contributed by atoms with Gasteiger partial charge < -0.3 is 9.64 Å². The van der Waals surface area contributed by atoms with Gasteiger partial charge in [-0.15, -0.1) is 11.3 Å². The van der Waals surface area contributed by atoms with Gasteiger partial charge in [0.25, 0.3) is 5.91 Å². The average molecular weight is 513 g/mol. The minimum absolute atomic E-state index is 0.00774. The monoisotopic (exact) mass is 512 g/mol. The van der Waals surface area contributed by atoms with Crippen LogP contribution in [0.4, 0.5) is 4.39 Å². The number of hydrogen-bond acceptors (Lipinski definition) is 6. The molecule has 1 aromatic carbocycles. The molecular weight excluding hydrogens is 479 g/mol. The summed E-state index contributed by atoms with van der Waals surface area (Å²) in [6.45, 7) is 4.26. The van der Waals surface area contributed by atoms with Crippen molar-refractivity contribution in [1.29, 1.82) is 0 Å². The molecule has 0 bridgehead atoms. The highest BCUT2D eigenvalue weighted by Gasteiger charge is 2.36. The van der Waals surface area contributed by atoms with Crippen molar-refractivity contribution < 1.29 is 18.7 Å². The summed E-state index contributed by atoms with van der Waals surface area (Å²) in [4.78, 5) is 32.1. The van der Waals surface area contributed by atoms with Gasteiger partial charge in [-0.1, -0.05) is 37.1 Å². The zero-order valence-electron chi connectivity index (χ0n) is 20.5. The molecule has 1 atom stereocenters. The lowest BCUT2D eigenvalue weighted by molar-refractivity contribution is -0.144. The highest BCUT2D eigenvalue weighted by molar-refractivity contribution is 7.10. The van der Waals surface area contributed by atoms with Gasteiger partial charge in [-0.25, -0.2) is 9.40 Å². The van der Waals surface area contributed by atoms with Gasteiger partial charge in [-0.2, -0.15) is 5.10 Å². The Morgan fingerprint density at radius 2 is 1.89 bits per heavy atom. The van der Waals surface area contributed by atoms with Gasteiger partial charge in [0.2, 0.25) is 5.91 Å². The summed E-state index contributed by atoms with van der Waals surface area (Å²) in [5.74, 6) is -0.516. The van der Waals surface area contributed by atoms with Crippen LogP contribution in [0.15, 0.2) is 46.9 Å². The summed E-state index contributed by atoms with van der Waals surface area (Å²) >= 11 is 1.56. The Kier molecular flexibility index (Phi) is 8.09. The van der Waals surface area contributed by atoms with Crippen molar-refractivity contribution in [2.75, 3.05) is 45.9 Å². The lowest BCUT2D eigenvalue weighted by Gasteiger charge is -2.32. The van der Waals surface area contributed by atoms with Crippen molar-refractivity contribution in [3.8, 4) is 0 Å². The van der Waals surface area contributed by atoms with Crippen molar-refractivity contribution >= 4 is 28.9 Å². The largest absolute Gasteiger partial charge is 0.379 e. The molecule has 0 N–H and O–H groups in total. The Balaban J connectivity index is 1.35. The molecule has 1 aliphatic carbocycles. The Morgan fingerprint density at radius 3 is 2.61 bits per heavy atom. The Hall–Kier alpha value is -2.62. The van der Waals surface area contributed by atoms with Crippen molar-refractivity contribution in [3.63, 3.8) is 0 Å². The Bertz CT molecular complexity index is 1080. The third kappa shape index (κ3) is 5.68. The molecular formula is C27H33FN4O3S. The maximum Gasteiger partial charge on any atom is 0.262 e. The quantitative estimate of drug-likeness (QED) is 0.538. The number of morpholine rings is 1. The van der Waals surface area contributed by atoms with Gasteiger partial charge in [-0.05, 0) is 30.4 Å². The number of carbonyl (C=O) groups excluding carboxylic acids is 2. The molecule has 1 saturated heterocycles. The van der Waals surface area contributed by atoms with E-state index in [2.05, 4.69) is 10.0 Å². The highest BCUT2D eigenvalue weighted by Crippen LogP contribution is 2.36. The molecule has 36 heavy (non-hydrogen) atoms. The summed E-state index contributed by atoms with van der Waals surface area (Å²) in [6, 6.07) is 10.2. The van der Waals surface area contributed by atoms with E-state index >= 15 is 0 Å². The number of amides is 2. The van der Waals surface area contributed by atoms with Crippen LogP contribution in [0.2, 0.25) is 0 Å². The van der Waals surface area contributed by atoms with Gasteiger partial charge >= 0.3 is 0 Å². The number of benzene rings is 1. The molecule has 3 heterocycles. The number of hydrogen-bond donors (Lipinski definition) is 0. The maximum absolute atomic E-state index is 14.6. The number of halogens is 1. The number of carbonyl (C=O) groups is 2. The van der Waals surface area contributed by atoms with E-state index < -0.39 is 0 Å². The van der Waals surface area contributed by atoms with Gasteiger partial charge in [-0.3, -0.25) is 14.5 Å². The molecule has 1 unspecified atom stereocenters. The van der Waals surface area contributed by atoms with Crippen LogP contribution in [0.5, 0.6) is 0 Å². The Morgan fingerprint density at radius 1 is 1.11 bits per heavy atom. The van der Waals surface area contributed by atoms with E-state index in [-0.39, 0.29) is 36.1 Å². The fourth-order valence-corrected chi connectivity index (χ4v) is 6.13. The first-order valence-electron chi connectivity index (χ1n) is 12.9. The second-order valence-corrected chi connectivity index (χ2v) is 10.7. The molecule has 0 spiro atoms. The van der Waals surface area contributed by atoms with Gasteiger partial charge in [0, 0.05) is 49.0 Å². The van der Waals surface area contributed by atoms with Crippen LogP contribution < -0.4 is 0 Å². The SMILES string of the molecule is O=C(C1CCCC1)N(CCN1CCOCC1)CC(=O)N1N=C(c2ccccc2F)CC1c1cccs1. The van der Waals surface area contributed by atoms with E-state index in [1.54, 1.807) is 34.4 Å². The average Bonchev–Trinajstić information content (AvgIpc) is 3.68. The summed E-state index contributed by atoms with van der Waals surface area (Å²) < 4.78 is 20.0. The molecule has 2 amide bonds. The predicted octanol–water partition coefficient (Wildman–Crippen LogP) is 3.92. The molecule has 9 heteroatoms. The summed E-state index contributed by atoms with van der Waals surface area (Å²) in [7, 11) is 0. The number of nitrogens with zero attached hydrogens (tertiary/aromatic N) is 4. The van der Waals surface area contributed by atoms with Crippen LogP contribution in [-0.2, 0) is 14.3 Å². The van der Waals surface area contributed by atoms with E-state index in [1.165, 1.54) is 11.1 Å². The molecule has 0 radical (unpaired) electrons. The lowest BCUT2D eigenvalue weighted by Crippen LogP contribution is -2.47. The first-order chi connectivity index (χ1) is 17.6. The van der Waals surface area contributed by atoms with Crippen LogP contribution in [0, 0.1) is 11.7 Å². The second kappa shape index (κ2) is 11.6. The first-order valence-corrected chi connectivity index (χ1v) is 13.7. The number of hydrazone groups is 1. The summed E-state index contributed by atoms with van der Waals surface area (Å²) in [6.07, 6.45) is 4.34. The minimum Gasteiger partial charge on any atom is -0.379 e. The molecule has 7 nitrogen and oxygen atoms in total. The first kappa shape index (κ1) is 25.0. The lowest BCUT2D eigenvalue weighted by atomic mass is 10.0. The third-order valence-corrected chi connectivity index (χ3v) is 8.33. The summed E-state index contributed by atoms with van der Waals surface area (Å²) in [5.41, 5.74) is 0.974. The van der Waals surface area contributed by atoms with E-state index in [0.29, 0.717) is 44.0 Å². The standard InChI is InChI=1S/C27H33FN4O3S/c28-22-9-4-3-8-21(22)23-18-24(25-10-5-17-36-25)32(29-23)26(33)19-31(27(34)20-6-1-2-7-20)12-11-30-13-15-35-16-14-30/h3-5,8-10,17,20,24H,1-2,6-7,11-16,18-19H2. The van der Waals surface area contributed by atoms with E-state index in [4.69, 9.17) is 4.74 Å². The number of thiophene rings is 1. The summed E-state index contributed by atoms with van der Waals surface area (Å²) in [5, 5.41) is 8.07. The number of ether oxygens (including phenoxy) is 1. The smallest absolute Gasteiger partial charge is 0.262 e. The second-order valence-electron chi connectivity index (χ2n) is 9.70. The van der Waals surface area contributed by atoms with Gasteiger partial charge in [0.05, 0.1) is 25.0 Å². The zero-order chi connectivity index (χ0) is 24.9. The van der Waals surface area contributed by atoms with Crippen molar-refractivity contribution in [1.82, 2.24) is 14.8 Å². The molecule has 2 fully saturated rings. The van der Waals surface area contributed by atoms with Crippen molar-refractivity contribution in [3.05, 3.63) is 58.0 Å². The predicted molar refractivity (Wildman–Crippen MR) is 137 cm³/mol. The fourth-order valence-electron chi connectivity index (χ4n) is 5.32. The van der Waals surface area contributed by atoms with Gasteiger partial charge in [0.15, 0.2) is 0 Å². The van der Waals surface area contributed by atoms with Crippen LogP contribution in [0.3, 0.4) is 0 Å². The molecule has 192 valence electrons. The number of rotatable bonds is 8. The molecule has 2 aliphatic heterocycles. The molecule has 3 aliphatic rings. The zero-order valence-corrected chi connectivity index (χ0v) is 21.3. The molecule has 2 aromatic rings. The van der Waals surface area contributed by atoms with Crippen LogP contribution in [0.25, 0.3) is 0 Å². The normalized spacial score (nSPS) is 21.1. The van der Waals surface area contributed by atoms with Crippen LogP contribution in [-0.4, -0.2) is 78.3 Å². The van der Waals surface area contributed by atoms with E-state index in [0.717, 1.165) is 43.6 Å². The van der Waals surface area contributed by atoms with Crippen LogP contribution in [0.1, 0.15) is 48.6 Å².